The quantitative estimate of drug-likeness (QED) is 0.596. The summed E-state index contributed by atoms with van der Waals surface area (Å²) < 4.78 is 5.14. The first-order valence-electron chi connectivity index (χ1n) is 4.20. The van der Waals surface area contributed by atoms with E-state index >= 15 is 0 Å². The van der Waals surface area contributed by atoms with Gasteiger partial charge in [-0.25, -0.2) is 0 Å². The van der Waals surface area contributed by atoms with Gasteiger partial charge < -0.3 is 4.74 Å². The zero-order valence-corrected chi connectivity index (χ0v) is 8.96. The SMILES string of the molecule is CC.CCO/C(C)=C(\Cl)CC. The van der Waals surface area contributed by atoms with Crippen LogP contribution in [0, 0.1) is 0 Å². The second-order valence-corrected chi connectivity index (χ2v) is 2.20. The summed E-state index contributed by atoms with van der Waals surface area (Å²) >= 11 is 5.75. The van der Waals surface area contributed by atoms with Crippen LogP contribution in [-0.2, 0) is 4.74 Å². The van der Waals surface area contributed by atoms with Gasteiger partial charge in [0.2, 0.25) is 0 Å². The van der Waals surface area contributed by atoms with Gasteiger partial charge in [0.15, 0.2) is 0 Å². The normalized spacial score (nSPS) is 11.1. The van der Waals surface area contributed by atoms with Gasteiger partial charge in [0, 0.05) is 0 Å². The molecule has 0 saturated carbocycles. The average Bonchev–Trinajstić information content (AvgIpc) is 2.07. The number of hydrogen-bond acceptors (Lipinski definition) is 1. The molecular weight excluding hydrogens is 160 g/mol. The predicted octanol–water partition coefficient (Wildman–Crippen LogP) is 3.93. The molecule has 0 bridgehead atoms. The summed E-state index contributed by atoms with van der Waals surface area (Å²) in [5, 5.41) is 0.817. The number of hydrogen-bond donors (Lipinski definition) is 0. The molecule has 0 unspecified atom stereocenters. The van der Waals surface area contributed by atoms with E-state index in [2.05, 4.69) is 0 Å². The average molecular weight is 179 g/mol. The molecule has 0 saturated heterocycles. The summed E-state index contributed by atoms with van der Waals surface area (Å²) in [7, 11) is 0. The molecule has 0 heterocycles. The molecule has 2 heteroatoms. The summed E-state index contributed by atoms with van der Waals surface area (Å²) in [5.41, 5.74) is 0. The second-order valence-electron chi connectivity index (χ2n) is 1.75. The first kappa shape index (κ1) is 13.4. The largest absolute Gasteiger partial charge is 0.497 e. The lowest BCUT2D eigenvalue weighted by molar-refractivity contribution is 0.229. The Balaban J connectivity index is 0. The van der Waals surface area contributed by atoms with E-state index in [4.69, 9.17) is 16.3 Å². The zero-order chi connectivity index (χ0) is 9.28. The van der Waals surface area contributed by atoms with Crippen LogP contribution in [0.4, 0.5) is 0 Å². The minimum atomic E-state index is 0.696. The molecule has 0 atom stereocenters. The Kier molecular flexibility index (Phi) is 12.0. The monoisotopic (exact) mass is 178 g/mol. The molecule has 0 rings (SSSR count). The molecule has 0 radical (unpaired) electrons. The summed E-state index contributed by atoms with van der Waals surface area (Å²) in [6, 6.07) is 0. The third kappa shape index (κ3) is 7.73. The molecule has 11 heavy (non-hydrogen) atoms. The molecule has 0 aromatic heterocycles. The van der Waals surface area contributed by atoms with Gasteiger partial charge in [0.05, 0.1) is 11.6 Å². The standard InChI is InChI=1S/C7H13ClO.C2H6/c1-4-7(8)6(3)9-5-2;1-2/h4-5H2,1-3H3;1-2H3/b7-6-;. The fourth-order valence-electron chi connectivity index (χ4n) is 0.544. The van der Waals surface area contributed by atoms with Gasteiger partial charge in [-0.3, -0.25) is 0 Å². The minimum absolute atomic E-state index is 0.696. The molecule has 0 aliphatic heterocycles. The van der Waals surface area contributed by atoms with Gasteiger partial charge in [-0.2, -0.15) is 0 Å². The van der Waals surface area contributed by atoms with E-state index in [1.165, 1.54) is 0 Å². The van der Waals surface area contributed by atoms with Crippen molar-refractivity contribution < 1.29 is 4.74 Å². The zero-order valence-electron chi connectivity index (χ0n) is 8.20. The van der Waals surface area contributed by atoms with Crippen molar-refractivity contribution in [2.24, 2.45) is 0 Å². The molecule has 0 amide bonds. The van der Waals surface area contributed by atoms with E-state index in [0.717, 1.165) is 17.2 Å². The van der Waals surface area contributed by atoms with Crippen molar-refractivity contribution in [1.29, 1.82) is 0 Å². The third-order valence-electron chi connectivity index (χ3n) is 1.05. The highest BCUT2D eigenvalue weighted by Gasteiger charge is 1.94. The topological polar surface area (TPSA) is 9.23 Å². The van der Waals surface area contributed by atoms with Gasteiger partial charge >= 0.3 is 0 Å². The van der Waals surface area contributed by atoms with E-state index in [1.807, 2.05) is 34.6 Å². The Labute approximate surface area is 75.4 Å². The Bertz CT molecular complexity index is 108. The summed E-state index contributed by atoms with van der Waals surface area (Å²) in [6.07, 6.45) is 0.855. The van der Waals surface area contributed by atoms with Crippen LogP contribution in [0.5, 0.6) is 0 Å². The van der Waals surface area contributed by atoms with E-state index in [1.54, 1.807) is 0 Å². The van der Waals surface area contributed by atoms with Gasteiger partial charge in [0.1, 0.15) is 5.76 Å². The Morgan fingerprint density at radius 2 is 1.73 bits per heavy atom. The van der Waals surface area contributed by atoms with Gasteiger partial charge in [-0.05, 0) is 20.3 Å². The Morgan fingerprint density at radius 1 is 1.27 bits per heavy atom. The summed E-state index contributed by atoms with van der Waals surface area (Å²) in [6.45, 7) is 10.5. The van der Waals surface area contributed by atoms with E-state index < -0.39 is 0 Å². The van der Waals surface area contributed by atoms with Crippen LogP contribution < -0.4 is 0 Å². The van der Waals surface area contributed by atoms with Crippen LogP contribution >= 0.6 is 11.6 Å². The summed E-state index contributed by atoms with van der Waals surface area (Å²) in [5.74, 6) is 0.849. The molecule has 0 aliphatic rings. The van der Waals surface area contributed by atoms with Gasteiger partial charge in [-0.15, -0.1) is 0 Å². The second kappa shape index (κ2) is 9.83. The fourth-order valence-corrected chi connectivity index (χ4v) is 0.598. The van der Waals surface area contributed by atoms with Crippen molar-refractivity contribution in [3.05, 3.63) is 10.8 Å². The molecule has 0 N–H and O–H groups in total. The molecule has 1 nitrogen and oxygen atoms in total. The number of rotatable bonds is 3. The van der Waals surface area contributed by atoms with Gasteiger partial charge in [-0.1, -0.05) is 32.4 Å². The fraction of sp³-hybridized carbons (Fsp3) is 0.778. The number of halogens is 1. The van der Waals surface area contributed by atoms with Crippen LogP contribution in [0.2, 0.25) is 0 Å². The van der Waals surface area contributed by atoms with E-state index in [-0.39, 0.29) is 0 Å². The van der Waals surface area contributed by atoms with Crippen molar-refractivity contribution in [3.63, 3.8) is 0 Å². The van der Waals surface area contributed by atoms with E-state index in [9.17, 15) is 0 Å². The molecule has 0 fully saturated rings. The molecule has 0 aromatic rings. The lowest BCUT2D eigenvalue weighted by Gasteiger charge is -2.03. The minimum Gasteiger partial charge on any atom is -0.497 e. The van der Waals surface area contributed by atoms with Gasteiger partial charge in [0.25, 0.3) is 0 Å². The lowest BCUT2D eigenvalue weighted by atomic mass is 10.4. The first-order chi connectivity index (χ1) is 5.22. The lowest BCUT2D eigenvalue weighted by Crippen LogP contribution is -1.88. The van der Waals surface area contributed by atoms with Crippen molar-refractivity contribution >= 4 is 11.6 Å². The highest BCUT2D eigenvalue weighted by molar-refractivity contribution is 6.29. The van der Waals surface area contributed by atoms with E-state index in [0.29, 0.717) is 6.61 Å². The molecule has 0 aliphatic carbocycles. The molecule has 0 spiro atoms. The predicted molar refractivity (Wildman–Crippen MR) is 51.8 cm³/mol. The van der Waals surface area contributed by atoms with Crippen molar-refractivity contribution in [2.75, 3.05) is 6.61 Å². The highest BCUT2D eigenvalue weighted by Crippen LogP contribution is 2.13. The maximum Gasteiger partial charge on any atom is 0.107 e. The Morgan fingerprint density at radius 3 is 2.00 bits per heavy atom. The first-order valence-corrected chi connectivity index (χ1v) is 4.58. The molecule has 0 aromatic carbocycles. The van der Waals surface area contributed by atoms with Crippen LogP contribution in [-0.4, -0.2) is 6.61 Å². The smallest absolute Gasteiger partial charge is 0.107 e. The van der Waals surface area contributed by atoms with Crippen molar-refractivity contribution in [2.45, 2.75) is 41.0 Å². The van der Waals surface area contributed by atoms with Crippen LogP contribution in [0.15, 0.2) is 10.8 Å². The maximum atomic E-state index is 5.75. The highest BCUT2D eigenvalue weighted by atomic mass is 35.5. The van der Waals surface area contributed by atoms with Crippen LogP contribution in [0.1, 0.15) is 41.0 Å². The van der Waals surface area contributed by atoms with Crippen molar-refractivity contribution in [3.8, 4) is 0 Å². The maximum absolute atomic E-state index is 5.75. The van der Waals surface area contributed by atoms with Crippen molar-refractivity contribution in [1.82, 2.24) is 0 Å². The number of ether oxygens (including phenoxy) is 1. The van der Waals surface area contributed by atoms with Crippen LogP contribution in [0.3, 0.4) is 0 Å². The summed E-state index contributed by atoms with van der Waals surface area (Å²) in [4.78, 5) is 0. The van der Waals surface area contributed by atoms with Crippen LogP contribution in [0.25, 0.3) is 0 Å². The molecular formula is C9H19ClO. The Hall–Kier alpha value is -0.170. The molecule has 68 valence electrons. The number of allylic oxidation sites excluding steroid dienone is 2. The third-order valence-corrected chi connectivity index (χ3v) is 1.59.